The maximum Gasteiger partial charge on any atom is 0.228 e. The van der Waals surface area contributed by atoms with Crippen molar-refractivity contribution >= 4 is 43.2 Å². The number of nitrogens with one attached hydrogen (secondary N) is 1. The average molecular weight is 528 g/mol. The number of sulfonamides is 1. The maximum atomic E-state index is 11.9. The van der Waals surface area contributed by atoms with Crippen LogP contribution in [0.15, 0.2) is 36.2 Å². The molecule has 188 valence electrons. The molecule has 5 rings (SSSR count). The molecule has 1 aliphatic rings. The van der Waals surface area contributed by atoms with Gasteiger partial charge in [0.25, 0.3) is 0 Å². The van der Waals surface area contributed by atoms with Gasteiger partial charge in [-0.15, -0.1) is 11.3 Å². The third-order valence-corrected chi connectivity index (χ3v) is 8.01. The summed E-state index contributed by atoms with van der Waals surface area (Å²) in [4.78, 5) is 9.35. The first kappa shape index (κ1) is 24.3. The van der Waals surface area contributed by atoms with Crippen LogP contribution in [0.1, 0.15) is 20.3 Å². The summed E-state index contributed by atoms with van der Waals surface area (Å²) in [6, 6.07) is 4.08. The van der Waals surface area contributed by atoms with E-state index in [1.54, 1.807) is 41.8 Å². The molecule has 2 N–H and O–H groups in total. The third-order valence-electron chi connectivity index (χ3n) is 5.90. The molecule has 5 heterocycles. The second-order valence-electron chi connectivity index (χ2n) is 9.66. The van der Waals surface area contributed by atoms with Crippen molar-refractivity contribution < 1.29 is 13.5 Å². The van der Waals surface area contributed by atoms with E-state index in [1.807, 2.05) is 17.6 Å². The Labute approximate surface area is 211 Å². The molecule has 0 unspecified atom stereocenters. The Morgan fingerprint density at radius 1 is 1.25 bits per heavy atom. The van der Waals surface area contributed by atoms with Gasteiger partial charge in [-0.25, -0.2) is 18.4 Å². The fourth-order valence-corrected chi connectivity index (χ4v) is 5.98. The van der Waals surface area contributed by atoms with Gasteiger partial charge in [0.1, 0.15) is 5.54 Å². The number of nitriles is 1. The van der Waals surface area contributed by atoms with E-state index in [2.05, 4.69) is 26.6 Å². The molecule has 12 nitrogen and oxygen atoms in total. The van der Waals surface area contributed by atoms with Crippen LogP contribution in [0, 0.1) is 11.3 Å². The van der Waals surface area contributed by atoms with E-state index >= 15 is 0 Å². The number of aliphatic hydroxyl groups is 1. The van der Waals surface area contributed by atoms with E-state index in [0.717, 1.165) is 22.0 Å². The zero-order valence-corrected chi connectivity index (χ0v) is 21.6. The van der Waals surface area contributed by atoms with Gasteiger partial charge in [0.2, 0.25) is 16.0 Å². The molecule has 0 aliphatic carbocycles. The van der Waals surface area contributed by atoms with Crippen LogP contribution in [0.4, 0.5) is 11.6 Å². The van der Waals surface area contributed by atoms with Gasteiger partial charge in [-0.3, -0.25) is 9.36 Å². The van der Waals surface area contributed by atoms with Crippen molar-refractivity contribution in [3.05, 3.63) is 36.2 Å². The van der Waals surface area contributed by atoms with Gasteiger partial charge >= 0.3 is 0 Å². The molecule has 0 amide bonds. The van der Waals surface area contributed by atoms with Crippen molar-refractivity contribution in [2.75, 3.05) is 24.7 Å². The van der Waals surface area contributed by atoms with Crippen molar-refractivity contribution in [2.45, 2.75) is 38.0 Å². The molecular formula is C22H25N9O3S2. The highest BCUT2D eigenvalue weighted by Crippen LogP contribution is 2.37. The van der Waals surface area contributed by atoms with Gasteiger partial charge in [0.05, 0.1) is 64.9 Å². The molecule has 4 aromatic heterocycles. The van der Waals surface area contributed by atoms with Gasteiger partial charge in [0, 0.05) is 31.0 Å². The molecule has 0 radical (unpaired) electrons. The van der Waals surface area contributed by atoms with Crippen LogP contribution >= 0.6 is 11.3 Å². The molecule has 0 spiro atoms. The van der Waals surface area contributed by atoms with E-state index in [4.69, 9.17) is 4.98 Å². The minimum absolute atomic E-state index is 0.139. The first-order valence-corrected chi connectivity index (χ1v) is 13.8. The molecule has 0 bridgehead atoms. The highest BCUT2D eigenvalue weighted by Gasteiger charge is 2.49. The summed E-state index contributed by atoms with van der Waals surface area (Å²) in [5.74, 6) is 0.380. The zero-order valence-electron chi connectivity index (χ0n) is 20.0. The van der Waals surface area contributed by atoms with Crippen LogP contribution in [0.2, 0.25) is 0 Å². The average Bonchev–Trinajstić information content (AvgIpc) is 3.49. The van der Waals surface area contributed by atoms with Gasteiger partial charge in [-0.05, 0) is 25.3 Å². The van der Waals surface area contributed by atoms with Crippen molar-refractivity contribution in [1.29, 1.82) is 5.26 Å². The minimum Gasteiger partial charge on any atom is -0.389 e. The number of thiophene rings is 1. The van der Waals surface area contributed by atoms with Crippen molar-refractivity contribution in [1.82, 2.24) is 33.8 Å². The Morgan fingerprint density at radius 3 is 2.72 bits per heavy atom. The number of anilines is 2. The summed E-state index contributed by atoms with van der Waals surface area (Å²) in [5.41, 5.74) is 1.25. The third kappa shape index (κ3) is 4.70. The highest BCUT2D eigenvalue weighted by atomic mass is 32.2. The topological polar surface area (TPSA) is 155 Å². The van der Waals surface area contributed by atoms with E-state index in [0.29, 0.717) is 23.9 Å². The van der Waals surface area contributed by atoms with Crippen LogP contribution in [0.5, 0.6) is 0 Å². The number of aromatic nitrogens is 6. The summed E-state index contributed by atoms with van der Waals surface area (Å²) >= 11 is 1.51. The van der Waals surface area contributed by atoms with Crippen LogP contribution < -0.4 is 5.32 Å². The largest absolute Gasteiger partial charge is 0.389 e. The van der Waals surface area contributed by atoms with E-state index < -0.39 is 21.2 Å². The van der Waals surface area contributed by atoms with E-state index in [-0.39, 0.29) is 19.5 Å². The number of fused-ring (bicyclic) bond motifs is 1. The summed E-state index contributed by atoms with van der Waals surface area (Å²) in [6.45, 7) is 4.15. The maximum absolute atomic E-state index is 11.9. The SMILES string of the molecule is CC(C)(O)Cn1cc(Nc2nc(-c3cnn(C4(CC#N)CN(S(C)(=O)=O)C4)c3)c3sccc3n2)cn1. The molecule has 1 saturated heterocycles. The Balaban J connectivity index is 1.45. The Hall–Kier alpha value is -3.38. The highest BCUT2D eigenvalue weighted by molar-refractivity contribution is 7.88. The summed E-state index contributed by atoms with van der Waals surface area (Å²) < 4.78 is 29.4. The molecular weight excluding hydrogens is 502 g/mol. The standard InChI is InChI=1S/C22H25N9O3S2/c1-21(2,32)12-29-11-16(9-24-29)26-20-27-17-4-7-35-19(17)18(28-20)15-8-25-31(10-15)22(5-6-23)13-30(14-22)36(3,33)34/h4,7-11,32H,5,12-14H2,1-3H3,(H,26,27,28). The van der Waals surface area contributed by atoms with E-state index in [9.17, 15) is 18.8 Å². The smallest absolute Gasteiger partial charge is 0.228 e. The molecule has 1 aliphatic heterocycles. The zero-order chi connectivity index (χ0) is 25.7. The van der Waals surface area contributed by atoms with Crippen LogP contribution in [0.25, 0.3) is 21.5 Å². The lowest BCUT2D eigenvalue weighted by atomic mass is 9.89. The Kier molecular flexibility index (Phi) is 5.83. The molecule has 1 fully saturated rings. The van der Waals surface area contributed by atoms with Crippen LogP contribution in [-0.2, 0) is 22.1 Å². The summed E-state index contributed by atoms with van der Waals surface area (Å²) in [5, 5.41) is 33.3. The monoisotopic (exact) mass is 527 g/mol. The van der Waals surface area contributed by atoms with E-state index in [1.165, 1.54) is 15.6 Å². The van der Waals surface area contributed by atoms with Crippen molar-refractivity contribution in [3.8, 4) is 17.3 Å². The van der Waals surface area contributed by atoms with Crippen molar-refractivity contribution in [3.63, 3.8) is 0 Å². The molecule has 0 saturated carbocycles. The summed E-state index contributed by atoms with van der Waals surface area (Å²) in [6.07, 6.45) is 8.19. The lowest BCUT2D eigenvalue weighted by molar-refractivity contribution is 0.0578. The first-order chi connectivity index (χ1) is 17.0. The quantitative estimate of drug-likeness (QED) is 0.351. The molecule has 4 aromatic rings. The summed E-state index contributed by atoms with van der Waals surface area (Å²) in [7, 11) is -3.34. The molecule has 14 heteroatoms. The minimum atomic E-state index is -3.34. The van der Waals surface area contributed by atoms with Gasteiger partial charge in [0.15, 0.2) is 0 Å². The number of nitrogens with zero attached hydrogens (tertiary/aromatic N) is 8. The first-order valence-electron chi connectivity index (χ1n) is 11.1. The lowest BCUT2D eigenvalue weighted by Gasteiger charge is -2.47. The molecule has 0 aromatic carbocycles. The van der Waals surface area contributed by atoms with Crippen LogP contribution in [0.3, 0.4) is 0 Å². The molecule has 36 heavy (non-hydrogen) atoms. The van der Waals surface area contributed by atoms with Gasteiger partial charge in [-0.2, -0.15) is 19.8 Å². The number of hydrogen-bond donors (Lipinski definition) is 2. The van der Waals surface area contributed by atoms with Crippen molar-refractivity contribution in [2.24, 2.45) is 0 Å². The Bertz CT molecular complexity index is 1570. The normalized spacial score (nSPS) is 16.1. The Morgan fingerprint density at radius 2 is 2.03 bits per heavy atom. The lowest BCUT2D eigenvalue weighted by Crippen LogP contribution is -2.63. The van der Waals surface area contributed by atoms with Crippen LogP contribution in [-0.4, -0.2) is 72.3 Å². The van der Waals surface area contributed by atoms with Gasteiger partial charge < -0.3 is 10.4 Å². The second kappa shape index (κ2) is 8.63. The number of hydrogen-bond acceptors (Lipinski definition) is 10. The predicted octanol–water partition coefficient (Wildman–Crippen LogP) is 2.15. The second-order valence-corrected chi connectivity index (χ2v) is 12.6. The number of rotatable bonds is 8. The van der Waals surface area contributed by atoms with Gasteiger partial charge in [-0.1, -0.05) is 0 Å². The molecule has 0 atom stereocenters. The fourth-order valence-electron chi connectivity index (χ4n) is 4.19. The fraction of sp³-hybridized carbons (Fsp3) is 0.409. The predicted molar refractivity (Wildman–Crippen MR) is 135 cm³/mol.